The molecule has 0 spiro atoms. The quantitative estimate of drug-likeness (QED) is 0.467. The van der Waals surface area contributed by atoms with Gasteiger partial charge >= 0.3 is 0 Å². The molecule has 0 radical (unpaired) electrons. The van der Waals surface area contributed by atoms with Crippen LogP contribution in [0.15, 0.2) is 54.6 Å². The zero-order valence-electron chi connectivity index (χ0n) is 12.7. The molecule has 1 aliphatic heterocycles. The van der Waals surface area contributed by atoms with Gasteiger partial charge in [0.05, 0.1) is 11.1 Å². The first kappa shape index (κ1) is 15.2. The van der Waals surface area contributed by atoms with Crippen LogP contribution in [0.4, 0.5) is 0 Å². The van der Waals surface area contributed by atoms with Crippen LogP contribution in [0.5, 0.6) is 0 Å². The summed E-state index contributed by atoms with van der Waals surface area (Å²) in [4.78, 5) is 37.7. The van der Waals surface area contributed by atoms with Crippen LogP contribution in [-0.2, 0) is 0 Å². The van der Waals surface area contributed by atoms with Crippen molar-refractivity contribution in [2.75, 3.05) is 6.54 Å². The van der Waals surface area contributed by atoms with Gasteiger partial charge in [0.1, 0.15) is 0 Å². The van der Waals surface area contributed by atoms with E-state index in [9.17, 15) is 14.4 Å². The van der Waals surface area contributed by atoms with Crippen molar-refractivity contribution < 1.29 is 14.4 Å². The molecule has 0 aliphatic carbocycles. The third-order valence-electron chi connectivity index (χ3n) is 4.01. The molecule has 0 atom stereocenters. The van der Waals surface area contributed by atoms with Gasteiger partial charge in [-0.25, -0.2) is 0 Å². The predicted octanol–water partition coefficient (Wildman–Crippen LogP) is 3.34. The summed E-state index contributed by atoms with van der Waals surface area (Å²) >= 11 is 0. The number of imide groups is 1. The van der Waals surface area contributed by atoms with Crippen LogP contribution < -0.4 is 0 Å². The third-order valence-corrected chi connectivity index (χ3v) is 4.01. The Bertz CT molecular complexity index is 717. The number of hydrogen-bond donors (Lipinski definition) is 0. The van der Waals surface area contributed by atoms with E-state index in [0.717, 1.165) is 0 Å². The summed E-state index contributed by atoms with van der Waals surface area (Å²) < 4.78 is 0. The average Bonchev–Trinajstić information content (AvgIpc) is 2.84. The number of unbranched alkanes of at least 4 members (excludes halogenated alkanes) is 1. The molecule has 116 valence electrons. The van der Waals surface area contributed by atoms with E-state index in [4.69, 9.17) is 0 Å². The van der Waals surface area contributed by atoms with E-state index in [1.165, 1.54) is 4.90 Å². The lowest BCUT2D eigenvalue weighted by molar-refractivity contribution is 0.0652. The van der Waals surface area contributed by atoms with Crippen LogP contribution in [0.25, 0.3) is 0 Å². The molecule has 0 aromatic heterocycles. The molecule has 4 heteroatoms. The summed E-state index contributed by atoms with van der Waals surface area (Å²) in [6.07, 6.45) is 1.71. The number of carbonyl (C=O) groups is 3. The van der Waals surface area contributed by atoms with E-state index in [-0.39, 0.29) is 17.6 Å². The van der Waals surface area contributed by atoms with E-state index in [1.807, 2.05) is 18.2 Å². The van der Waals surface area contributed by atoms with Crippen molar-refractivity contribution in [1.82, 2.24) is 4.90 Å². The summed E-state index contributed by atoms with van der Waals surface area (Å²) in [6.45, 7) is 0.356. The summed E-state index contributed by atoms with van der Waals surface area (Å²) in [5.41, 5.74) is 1.64. The van der Waals surface area contributed by atoms with Crippen molar-refractivity contribution in [3.05, 3.63) is 71.3 Å². The van der Waals surface area contributed by atoms with Crippen molar-refractivity contribution in [3.63, 3.8) is 0 Å². The van der Waals surface area contributed by atoms with Crippen LogP contribution in [0.1, 0.15) is 50.3 Å². The molecule has 2 aromatic rings. The Labute approximate surface area is 134 Å². The number of fused-ring (bicyclic) bond motifs is 1. The molecule has 2 amide bonds. The van der Waals surface area contributed by atoms with Crippen molar-refractivity contribution in [2.45, 2.75) is 19.3 Å². The molecule has 1 heterocycles. The van der Waals surface area contributed by atoms with Crippen LogP contribution in [0, 0.1) is 0 Å². The number of rotatable bonds is 6. The van der Waals surface area contributed by atoms with Gasteiger partial charge in [0.15, 0.2) is 5.78 Å². The Balaban J connectivity index is 1.52. The predicted molar refractivity (Wildman–Crippen MR) is 86.4 cm³/mol. The number of Topliss-reactive ketones (excluding diaryl/α,β-unsaturated/α-hetero) is 1. The highest BCUT2D eigenvalue weighted by Gasteiger charge is 2.34. The normalized spacial score (nSPS) is 13.3. The number of nitrogens with zero attached hydrogens (tertiary/aromatic N) is 1. The largest absolute Gasteiger partial charge is 0.294 e. The van der Waals surface area contributed by atoms with Gasteiger partial charge in [0, 0.05) is 18.5 Å². The third kappa shape index (κ3) is 3.06. The number of hydrogen-bond acceptors (Lipinski definition) is 3. The number of ketones is 1. The van der Waals surface area contributed by atoms with Crippen LogP contribution in [0.3, 0.4) is 0 Å². The molecule has 4 nitrogen and oxygen atoms in total. The molecule has 23 heavy (non-hydrogen) atoms. The highest BCUT2D eigenvalue weighted by molar-refractivity contribution is 6.21. The molecule has 3 rings (SSSR count). The maximum Gasteiger partial charge on any atom is 0.261 e. The van der Waals surface area contributed by atoms with Crippen LogP contribution >= 0.6 is 0 Å². The number of carbonyl (C=O) groups excluding carboxylic acids is 3. The first-order valence-corrected chi connectivity index (χ1v) is 7.72. The fourth-order valence-electron chi connectivity index (χ4n) is 2.77. The lowest BCUT2D eigenvalue weighted by Gasteiger charge is -2.13. The Morgan fingerprint density at radius 1 is 0.783 bits per heavy atom. The second-order valence-corrected chi connectivity index (χ2v) is 5.55. The molecule has 0 unspecified atom stereocenters. The lowest BCUT2D eigenvalue weighted by atomic mass is 10.1. The summed E-state index contributed by atoms with van der Waals surface area (Å²) in [5.74, 6) is -0.382. The Hall–Kier alpha value is -2.75. The maximum absolute atomic E-state index is 12.2. The van der Waals surface area contributed by atoms with E-state index >= 15 is 0 Å². The van der Waals surface area contributed by atoms with Crippen LogP contribution in [-0.4, -0.2) is 29.0 Å². The number of benzene rings is 2. The van der Waals surface area contributed by atoms with Gasteiger partial charge in [-0.15, -0.1) is 0 Å². The first-order chi connectivity index (χ1) is 11.2. The van der Waals surface area contributed by atoms with Gasteiger partial charge in [-0.2, -0.15) is 0 Å². The second kappa shape index (κ2) is 6.57. The molecule has 0 saturated heterocycles. The maximum atomic E-state index is 12.2. The first-order valence-electron chi connectivity index (χ1n) is 7.72. The Morgan fingerprint density at radius 2 is 1.35 bits per heavy atom. The Morgan fingerprint density at radius 3 is 1.96 bits per heavy atom. The van der Waals surface area contributed by atoms with Gasteiger partial charge in [-0.05, 0) is 25.0 Å². The molecular weight excluding hydrogens is 290 g/mol. The minimum Gasteiger partial charge on any atom is -0.294 e. The molecule has 2 aromatic carbocycles. The topological polar surface area (TPSA) is 54.5 Å². The molecule has 0 bridgehead atoms. The van der Waals surface area contributed by atoms with Crippen LogP contribution in [0.2, 0.25) is 0 Å². The fourth-order valence-corrected chi connectivity index (χ4v) is 2.77. The summed E-state index contributed by atoms with van der Waals surface area (Å²) in [7, 11) is 0. The highest BCUT2D eigenvalue weighted by atomic mass is 16.2. The molecule has 0 N–H and O–H groups in total. The summed E-state index contributed by atoms with van der Waals surface area (Å²) in [5, 5.41) is 0. The lowest BCUT2D eigenvalue weighted by Crippen LogP contribution is -2.30. The summed E-state index contributed by atoms with van der Waals surface area (Å²) in [6, 6.07) is 16.0. The zero-order chi connectivity index (χ0) is 16.2. The van der Waals surface area contributed by atoms with E-state index < -0.39 is 0 Å². The van der Waals surface area contributed by atoms with Gasteiger partial charge in [-0.1, -0.05) is 42.5 Å². The van der Waals surface area contributed by atoms with E-state index in [0.29, 0.717) is 42.5 Å². The second-order valence-electron chi connectivity index (χ2n) is 5.55. The smallest absolute Gasteiger partial charge is 0.261 e. The Kier molecular flexibility index (Phi) is 4.33. The molecule has 0 saturated carbocycles. The SMILES string of the molecule is O=C(CCCCN1C(=O)c2ccccc2C1=O)c1ccccc1. The minimum absolute atomic E-state index is 0.0907. The van der Waals surface area contributed by atoms with Gasteiger partial charge in [0.2, 0.25) is 0 Å². The van der Waals surface area contributed by atoms with Crippen molar-refractivity contribution in [3.8, 4) is 0 Å². The van der Waals surface area contributed by atoms with Gasteiger partial charge in [-0.3, -0.25) is 19.3 Å². The average molecular weight is 307 g/mol. The zero-order valence-corrected chi connectivity index (χ0v) is 12.7. The van der Waals surface area contributed by atoms with E-state index in [2.05, 4.69) is 0 Å². The monoisotopic (exact) mass is 307 g/mol. The molecule has 0 fully saturated rings. The molecular formula is C19H17NO3. The van der Waals surface area contributed by atoms with Crippen molar-refractivity contribution >= 4 is 17.6 Å². The fraction of sp³-hybridized carbons (Fsp3) is 0.211. The highest BCUT2D eigenvalue weighted by Crippen LogP contribution is 2.22. The van der Waals surface area contributed by atoms with Crippen molar-refractivity contribution in [2.24, 2.45) is 0 Å². The van der Waals surface area contributed by atoms with Gasteiger partial charge < -0.3 is 0 Å². The van der Waals surface area contributed by atoms with E-state index in [1.54, 1.807) is 36.4 Å². The standard InChI is InChI=1S/C19H17NO3/c21-17(14-8-2-1-3-9-14)12-6-7-13-20-18(22)15-10-4-5-11-16(15)19(20)23/h1-5,8-11H,6-7,12-13H2. The van der Waals surface area contributed by atoms with Gasteiger partial charge in [0.25, 0.3) is 11.8 Å². The van der Waals surface area contributed by atoms with Crippen molar-refractivity contribution in [1.29, 1.82) is 0 Å². The number of amides is 2. The minimum atomic E-state index is -0.236. The molecule has 1 aliphatic rings.